The predicted octanol–water partition coefficient (Wildman–Crippen LogP) is 2.56. The second-order valence-electron chi connectivity index (χ2n) is 4.44. The van der Waals surface area contributed by atoms with Crippen molar-refractivity contribution < 1.29 is 8.42 Å². The maximum absolute atomic E-state index is 12.3. The van der Waals surface area contributed by atoms with Crippen LogP contribution >= 0.6 is 12.4 Å². The van der Waals surface area contributed by atoms with Crippen molar-refractivity contribution in [2.75, 3.05) is 28.4 Å². The summed E-state index contributed by atoms with van der Waals surface area (Å²) in [5.41, 5.74) is 0. The molecule has 7 nitrogen and oxygen atoms in total. The van der Waals surface area contributed by atoms with Crippen LogP contribution in [0.25, 0.3) is 0 Å². The van der Waals surface area contributed by atoms with Crippen molar-refractivity contribution in [2.45, 2.75) is 18.7 Å². The molecule has 2 aromatic rings. The van der Waals surface area contributed by atoms with Crippen molar-refractivity contribution in [3.05, 3.63) is 36.4 Å². The van der Waals surface area contributed by atoms with Crippen LogP contribution in [0.2, 0.25) is 0 Å². The summed E-state index contributed by atoms with van der Waals surface area (Å²) in [5.74, 6) is 1.14. The first-order chi connectivity index (χ1) is 10.5. The van der Waals surface area contributed by atoms with Crippen LogP contribution in [0.5, 0.6) is 0 Å². The predicted molar refractivity (Wildman–Crippen MR) is 94.9 cm³/mol. The summed E-state index contributed by atoms with van der Waals surface area (Å²) < 4.78 is 27.1. The molecule has 0 saturated carbocycles. The minimum atomic E-state index is -3.67. The molecule has 2 rings (SSSR count). The summed E-state index contributed by atoms with van der Waals surface area (Å²) >= 11 is 0. The van der Waals surface area contributed by atoms with E-state index in [0.29, 0.717) is 24.9 Å². The Balaban J connectivity index is 0.00000264. The molecule has 0 atom stereocenters. The van der Waals surface area contributed by atoms with Gasteiger partial charge in [-0.2, -0.15) is 9.97 Å². The van der Waals surface area contributed by atoms with E-state index in [2.05, 4.69) is 25.3 Å². The van der Waals surface area contributed by atoms with E-state index in [-0.39, 0.29) is 23.1 Å². The average Bonchev–Trinajstić information content (AvgIpc) is 2.48. The van der Waals surface area contributed by atoms with E-state index in [1.54, 1.807) is 24.3 Å². The molecule has 0 radical (unpaired) electrons. The normalized spacial score (nSPS) is 10.5. The number of halogens is 1. The van der Waals surface area contributed by atoms with E-state index in [1.165, 1.54) is 12.1 Å². The molecule has 1 heterocycles. The number of hydrogen-bond acceptors (Lipinski definition) is 6. The topological polar surface area (TPSA) is 96.0 Å². The van der Waals surface area contributed by atoms with Gasteiger partial charge in [0.05, 0.1) is 4.90 Å². The number of aromatic nitrogens is 2. The van der Waals surface area contributed by atoms with Gasteiger partial charge in [-0.15, -0.1) is 12.4 Å². The minimum absolute atomic E-state index is 0. The molecule has 1 aromatic carbocycles. The molecule has 0 amide bonds. The van der Waals surface area contributed by atoms with Gasteiger partial charge >= 0.3 is 0 Å². The highest BCUT2D eigenvalue weighted by Crippen LogP contribution is 2.18. The second-order valence-corrected chi connectivity index (χ2v) is 6.12. The van der Waals surface area contributed by atoms with Gasteiger partial charge < -0.3 is 10.6 Å². The van der Waals surface area contributed by atoms with Crippen molar-refractivity contribution in [2.24, 2.45) is 0 Å². The van der Waals surface area contributed by atoms with Gasteiger partial charge in [0.15, 0.2) is 0 Å². The molecule has 0 aliphatic heterocycles. The van der Waals surface area contributed by atoms with Gasteiger partial charge in [0, 0.05) is 19.2 Å². The van der Waals surface area contributed by atoms with E-state index < -0.39 is 10.0 Å². The SMILES string of the molecule is CCNc1cc(NS(=O)(=O)c2ccccc2)nc(NCC)n1.Cl. The first kappa shape index (κ1) is 19.0. The van der Waals surface area contributed by atoms with Gasteiger partial charge in [0.1, 0.15) is 11.6 Å². The Hall–Kier alpha value is -2.06. The Morgan fingerprint density at radius 3 is 2.17 bits per heavy atom. The number of benzene rings is 1. The maximum atomic E-state index is 12.3. The van der Waals surface area contributed by atoms with Gasteiger partial charge in [0.2, 0.25) is 5.95 Å². The van der Waals surface area contributed by atoms with Crippen LogP contribution in [-0.2, 0) is 10.0 Å². The molecule has 0 unspecified atom stereocenters. The number of hydrogen-bond donors (Lipinski definition) is 3. The van der Waals surface area contributed by atoms with Gasteiger partial charge in [-0.05, 0) is 26.0 Å². The highest BCUT2D eigenvalue weighted by Gasteiger charge is 2.15. The van der Waals surface area contributed by atoms with Crippen molar-refractivity contribution in [1.82, 2.24) is 9.97 Å². The van der Waals surface area contributed by atoms with E-state index >= 15 is 0 Å². The van der Waals surface area contributed by atoms with Crippen molar-refractivity contribution in [3.63, 3.8) is 0 Å². The highest BCUT2D eigenvalue weighted by molar-refractivity contribution is 7.92. The second kappa shape index (κ2) is 8.54. The van der Waals surface area contributed by atoms with Crippen LogP contribution in [0.4, 0.5) is 17.6 Å². The van der Waals surface area contributed by atoms with Crippen molar-refractivity contribution in [3.8, 4) is 0 Å². The zero-order valence-corrected chi connectivity index (χ0v) is 14.5. The zero-order valence-electron chi connectivity index (χ0n) is 12.9. The van der Waals surface area contributed by atoms with Crippen molar-refractivity contribution in [1.29, 1.82) is 0 Å². The van der Waals surface area contributed by atoms with Crippen LogP contribution in [0.15, 0.2) is 41.3 Å². The molecule has 0 spiro atoms. The molecule has 9 heteroatoms. The molecule has 0 saturated heterocycles. The third kappa shape index (κ3) is 5.26. The van der Waals surface area contributed by atoms with Gasteiger partial charge in [-0.25, -0.2) is 8.42 Å². The Morgan fingerprint density at radius 2 is 1.57 bits per heavy atom. The molecule has 0 fully saturated rings. The molecule has 3 N–H and O–H groups in total. The number of nitrogens with zero attached hydrogens (tertiary/aromatic N) is 2. The Morgan fingerprint density at radius 1 is 0.957 bits per heavy atom. The summed E-state index contributed by atoms with van der Waals surface area (Å²) in [4.78, 5) is 8.59. The van der Waals surface area contributed by atoms with Crippen LogP contribution in [0, 0.1) is 0 Å². The third-order valence-corrected chi connectivity index (χ3v) is 4.08. The van der Waals surface area contributed by atoms with E-state index in [1.807, 2.05) is 13.8 Å². The fourth-order valence-corrected chi connectivity index (χ4v) is 2.82. The molecule has 23 heavy (non-hydrogen) atoms. The first-order valence-corrected chi connectivity index (χ1v) is 8.48. The van der Waals surface area contributed by atoms with Crippen LogP contribution in [0.1, 0.15) is 13.8 Å². The molecule has 0 aliphatic carbocycles. The van der Waals surface area contributed by atoms with Gasteiger partial charge in [-0.3, -0.25) is 4.72 Å². The number of anilines is 3. The number of sulfonamides is 1. The lowest BCUT2D eigenvalue weighted by Gasteiger charge is -2.11. The standard InChI is InChI=1S/C14H19N5O2S.ClH/c1-3-15-12-10-13(18-14(17-12)16-4-2)19-22(20,21)11-8-6-5-7-9-11;/h5-10H,3-4H2,1-2H3,(H3,15,16,17,18,19);1H. The summed E-state index contributed by atoms with van der Waals surface area (Å²) in [6.07, 6.45) is 0. The third-order valence-electron chi connectivity index (χ3n) is 2.71. The van der Waals surface area contributed by atoms with Crippen molar-refractivity contribution >= 4 is 40.0 Å². The fourth-order valence-electron chi connectivity index (χ4n) is 1.80. The Bertz CT molecular complexity index is 701. The summed E-state index contributed by atoms with van der Waals surface area (Å²) in [7, 11) is -3.67. The molecule has 0 bridgehead atoms. The Labute approximate surface area is 142 Å². The summed E-state index contributed by atoms with van der Waals surface area (Å²) in [5, 5.41) is 6.02. The number of rotatable bonds is 7. The lowest BCUT2D eigenvalue weighted by molar-refractivity contribution is 0.601. The Kier molecular flexibility index (Phi) is 7.05. The summed E-state index contributed by atoms with van der Waals surface area (Å²) in [6, 6.07) is 9.71. The van der Waals surface area contributed by atoms with Gasteiger partial charge in [0.25, 0.3) is 10.0 Å². The minimum Gasteiger partial charge on any atom is -0.370 e. The summed E-state index contributed by atoms with van der Waals surface area (Å²) in [6.45, 7) is 5.16. The first-order valence-electron chi connectivity index (χ1n) is 7.00. The van der Waals surface area contributed by atoms with E-state index in [9.17, 15) is 8.42 Å². The average molecular weight is 358 g/mol. The van der Waals surface area contributed by atoms with E-state index in [0.717, 1.165) is 0 Å². The molecular weight excluding hydrogens is 338 g/mol. The van der Waals surface area contributed by atoms with Gasteiger partial charge in [-0.1, -0.05) is 18.2 Å². The zero-order chi connectivity index (χ0) is 16.0. The molecular formula is C14H20ClN5O2S. The largest absolute Gasteiger partial charge is 0.370 e. The molecule has 0 aliphatic rings. The van der Waals surface area contributed by atoms with Crippen LogP contribution in [-0.4, -0.2) is 31.5 Å². The van der Waals surface area contributed by atoms with E-state index in [4.69, 9.17) is 0 Å². The lowest BCUT2D eigenvalue weighted by Crippen LogP contribution is -2.15. The monoisotopic (exact) mass is 357 g/mol. The quantitative estimate of drug-likeness (QED) is 0.704. The molecule has 126 valence electrons. The highest BCUT2D eigenvalue weighted by atomic mass is 35.5. The maximum Gasteiger partial charge on any atom is 0.263 e. The lowest BCUT2D eigenvalue weighted by atomic mass is 10.4. The number of nitrogens with one attached hydrogen (secondary N) is 3. The van der Waals surface area contributed by atoms with Crippen LogP contribution in [0.3, 0.4) is 0 Å². The molecule has 1 aromatic heterocycles. The smallest absolute Gasteiger partial charge is 0.263 e. The van der Waals surface area contributed by atoms with Crippen LogP contribution < -0.4 is 15.4 Å². The fraction of sp³-hybridized carbons (Fsp3) is 0.286.